The van der Waals surface area contributed by atoms with E-state index >= 15 is 0 Å². The second-order valence-corrected chi connectivity index (χ2v) is 7.30. The summed E-state index contributed by atoms with van der Waals surface area (Å²) in [5, 5.41) is 12.7. The fraction of sp³-hybridized carbons (Fsp3) is 0.579. The number of carbonyl (C=O) groups is 2. The lowest BCUT2D eigenvalue weighted by molar-refractivity contribution is -0.149. The molecule has 0 aromatic heterocycles. The van der Waals surface area contributed by atoms with E-state index in [4.69, 9.17) is 0 Å². The number of hydrogen-bond acceptors (Lipinski definition) is 3. The third-order valence-electron chi connectivity index (χ3n) is 5.91. The van der Waals surface area contributed by atoms with Gasteiger partial charge in [0, 0.05) is 13.1 Å². The molecule has 1 aromatic carbocycles. The Bertz CT molecular complexity index is 618. The summed E-state index contributed by atoms with van der Waals surface area (Å²) in [5.41, 5.74) is 0.429. The van der Waals surface area contributed by atoms with Crippen molar-refractivity contribution < 1.29 is 14.7 Å². The van der Waals surface area contributed by atoms with Gasteiger partial charge in [0.2, 0.25) is 5.91 Å². The third-order valence-corrected chi connectivity index (χ3v) is 5.91. The Morgan fingerprint density at radius 2 is 2.00 bits per heavy atom. The molecule has 2 aliphatic rings. The maximum Gasteiger partial charge on any atom is 0.311 e. The van der Waals surface area contributed by atoms with Gasteiger partial charge in [-0.05, 0) is 38.2 Å². The summed E-state index contributed by atoms with van der Waals surface area (Å²) in [4.78, 5) is 26.4. The van der Waals surface area contributed by atoms with Crippen LogP contribution in [0.2, 0.25) is 0 Å². The molecule has 3 rings (SSSR count). The molecule has 2 N–H and O–H groups in total. The Kier molecular flexibility index (Phi) is 4.63. The van der Waals surface area contributed by atoms with E-state index in [1.54, 1.807) is 0 Å². The summed E-state index contributed by atoms with van der Waals surface area (Å²) in [6.07, 6.45) is 2.67. The summed E-state index contributed by atoms with van der Waals surface area (Å²) in [5.74, 6) is -0.554. The predicted molar refractivity (Wildman–Crippen MR) is 91.4 cm³/mol. The van der Waals surface area contributed by atoms with Crippen molar-refractivity contribution in [3.8, 4) is 0 Å². The zero-order valence-electron chi connectivity index (χ0n) is 14.4. The molecule has 0 bridgehead atoms. The lowest BCUT2D eigenvalue weighted by Gasteiger charge is -2.27. The van der Waals surface area contributed by atoms with Crippen LogP contribution in [0, 0.1) is 11.3 Å². The first kappa shape index (κ1) is 17.0. The molecular weight excluding hydrogens is 304 g/mol. The molecule has 1 aliphatic carbocycles. The second-order valence-electron chi connectivity index (χ2n) is 7.30. The van der Waals surface area contributed by atoms with Gasteiger partial charge in [0.05, 0.1) is 17.5 Å². The van der Waals surface area contributed by atoms with Crippen LogP contribution in [-0.2, 0) is 9.59 Å². The molecule has 1 amide bonds. The highest BCUT2D eigenvalue weighted by atomic mass is 16.4. The number of nitrogens with zero attached hydrogens (tertiary/aromatic N) is 1. The lowest BCUT2D eigenvalue weighted by atomic mass is 9.81. The number of likely N-dealkylation sites (tertiary alicyclic amines) is 1. The molecule has 1 saturated carbocycles. The van der Waals surface area contributed by atoms with E-state index in [1.165, 1.54) is 0 Å². The first-order valence-electron chi connectivity index (χ1n) is 8.77. The van der Waals surface area contributed by atoms with Crippen LogP contribution in [0.25, 0.3) is 0 Å². The maximum absolute atomic E-state index is 12.6. The fourth-order valence-corrected chi connectivity index (χ4v) is 4.30. The van der Waals surface area contributed by atoms with Crippen molar-refractivity contribution in [1.29, 1.82) is 0 Å². The fourth-order valence-electron chi connectivity index (χ4n) is 4.30. The average molecular weight is 330 g/mol. The summed E-state index contributed by atoms with van der Waals surface area (Å²) in [6, 6.07) is 9.49. The molecule has 1 heterocycles. The summed E-state index contributed by atoms with van der Waals surface area (Å²) in [6.45, 7) is 5.04. The van der Waals surface area contributed by atoms with Gasteiger partial charge in [-0.2, -0.15) is 0 Å². The van der Waals surface area contributed by atoms with Crippen molar-refractivity contribution in [3.05, 3.63) is 35.9 Å². The van der Waals surface area contributed by atoms with E-state index in [-0.39, 0.29) is 23.9 Å². The quantitative estimate of drug-likeness (QED) is 0.870. The molecule has 0 spiro atoms. The number of benzene rings is 1. The average Bonchev–Trinajstić information content (AvgIpc) is 3.13. The van der Waals surface area contributed by atoms with Crippen molar-refractivity contribution in [1.82, 2.24) is 10.2 Å². The zero-order valence-corrected chi connectivity index (χ0v) is 14.4. The number of hydrogen-bond donors (Lipinski definition) is 2. The van der Waals surface area contributed by atoms with Crippen LogP contribution in [-0.4, -0.2) is 41.0 Å². The molecular formula is C19H26N2O3. The Balaban J connectivity index is 1.64. The smallest absolute Gasteiger partial charge is 0.311 e. The molecule has 2 unspecified atom stereocenters. The highest BCUT2D eigenvalue weighted by Gasteiger charge is 2.55. The van der Waals surface area contributed by atoms with Gasteiger partial charge in [-0.15, -0.1) is 0 Å². The number of aliphatic carboxylic acids is 1. The molecule has 4 atom stereocenters. The Labute approximate surface area is 143 Å². The van der Waals surface area contributed by atoms with Crippen LogP contribution >= 0.6 is 0 Å². The molecule has 5 nitrogen and oxygen atoms in total. The number of carbonyl (C=O) groups excluding carboxylic acids is 1. The first-order chi connectivity index (χ1) is 11.4. The predicted octanol–water partition coefficient (Wildman–Crippen LogP) is 2.44. The van der Waals surface area contributed by atoms with Gasteiger partial charge in [0.15, 0.2) is 0 Å². The number of rotatable bonds is 5. The monoisotopic (exact) mass is 330 g/mol. The lowest BCUT2D eigenvalue weighted by Crippen LogP contribution is -2.46. The molecule has 1 saturated heterocycles. The van der Waals surface area contributed by atoms with E-state index in [0.29, 0.717) is 13.1 Å². The molecule has 130 valence electrons. The van der Waals surface area contributed by atoms with Crippen molar-refractivity contribution in [2.24, 2.45) is 11.3 Å². The van der Waals surface area contributed by atoms with Crippen LogP contribution in [0.15, 0.2) is 30.3 Å². The number of carboxylic acids is 1. The highest BCUT2D eigenvalue weighted by Crippen LogP contribution is 2.49. The molecule has 2 fully saturated rings. The van der Waals surface area contributed by atoms with E-state index in [9.17, 15) is 14.7 Å². The summed E-state index contributed by atoms with van der Waals surface area (Å²) in [7, 11) is 0. The van der Waals surface area contributed by atoms with Crippen molar-refractivity contribution in [2.45, 2.75) is 45.2 Å². The summed E-state index contributed by atoms with van der Waals surface area (Å²) >= 11 is 0. The number of nitrogens with one attached hydrogen (secondary N) is 1. The Morgan fingerprint density at radius 3 is 2.62 bits per heavy atom. The third kappa shape index (κ3) is 2.93. The van der Waals surface area contributed by atoms with Crippen LogP contribution in [0.3, 0.4) is 0 Å². The number of amides is 1. The van der Waals surface area contributed by atoms with Gasteiger partial charge >= 0.3 is 5.97 Å². The van der Waals surface area contributed by atoms with E-state index in [1.807, 2.05) is 49.1 Å². The molecule has 1 aliphatic heterocycles. The van der Waals surface area contributed by atoms with Crippen LogP contribution in [0.5, 0.6) is 0 Å². The SMILES string of the molecule is CC(NC(=O)C(C)N1C[C@@H]2CCC[C@@]2(C(=O)O)C1)c1ccccc1. The second kappa shape index (κ2) is 6.55. The van der Waals surface area contributed by atoms with Gasteiger partial charge < -0.3 is 10.4 Å². The molecule has 5 heteroatoms. The van der Waals surface area contributed by atoms with Gasteiger partial charge in [-0.25, -0.2) is 0 Å². The first-order valence-corrected chi connectivity index (χ1v) is 8.77. The van der Waals surface area contributed by atoms with Gasteiger partial charge in [0.25, 0.3) is 0 Å². The van der Waals surface area contributed by atoms with E-state index in [2.05, 4.69) is 5.32 Å². The van der Waals surface area contributed by atoms with Crippen LogP contribution < -0.4 is 5.32 Å². The summed E-state index contributed by atoms with van der Waals surface area (Å²) < 4.78 is 0. The highest BCUT2D eigenvalue weighted by molar-refractivity contribution is 5.82. The standard InChI is InChI=1S/C19H26N2O3/c1-13(15-7-4-3-5-8-15)20-17(22)14(2)21-11-16-9-6-10-19(16,12-21)18(23)24/h3-5,7-8,13-14,16H,6,9-12H2,1-2H3,(H,20,22)(H,23,24)/t13?,14?,16-,19+/m0/s1. The zero-order chi connectivity index (χ0) is 17.3. The Hall–Kier alpha value is -1.88. The molecule has 24 heavy (non-hydrogen) atoms. The topological polar surface area (TPSA) is 69.6 Å². The minimum Gasteiger partial charge on any atom is -0.481 e. The minimum absolute atomic E-state index is 0.0353. The molecule has 0 radical (unpaired) electrons. The van der Waals surface area contributed by atoms with Gasteiger partial charge in [-0.3, -0.25) is 14.5 Å². The largest absolute Gasteiger partial charge is 0.481 e. The molecule has 1 aromatic rings. The normalized spacial score (nSPS) is 29.0. The van der Waals surface area contributed by atoms with Crippen LogP contribution in [0.4, 0.5) is 0 Å². The van der Waals surface area contributed by atoms with E-state index in [0.717, 1.165) is 24.8 Å². The van der Waals surface area contributed by atoms with Crippen molar-refractivity contribution in [3.63, 3.8) is 0 Å². The van der Waals surface area contributed by atoms with Gasteiger partial charge in [-0.1, -0.05) is 36.8 Å². The van der Waals surface area contributed by atoms with Crippen molar-refractivity contribution >= 4 is 11.9 Å². The Morgan fingerprint density at radius 1 is 1.29 bits per heavy atom. The van der Waals surface area contributed by atoms with Gasteiger partial charge in [0.1, 0.15) is 0 Å². The number of carboxylic acid groups (broad SMARTS) is 1. The van der Waals surface area contributed by atoms with Crippen LogP contribution in [0.1, 0.15) is 44.7 Å². The maximum atomic E-state index is 12.6. The number of fused-ring (bicyclic) bond motifs is 1. The van der Waals surface area contributed by atoms with E-state index < -0.39 is 11.4 Å². The van der Waals surface area contributed by atoms with Crippen molar-refractivity contribution in [2.75, 3.05) is 13.1 Å². The minimum atomic E-state index is -0.697.